The number of aryl methyl sites for hydroxylation is 2. The summed E-state index contributed by atoms with van der Waals surface area (Å²) in [4.78, 5) is 9.66. The molecule has 5 aliphatic carbocycles. The monoisotopic (exact) mass is 951 g/mol. The zero-order valence-electron chi connectivity index (χ0n) is 41.0. The number of unbranched alkanes of at least 4 members (excludes halogenated alkanes) is 1. The lowest BCUT2D eigenvalue weighted by atomic mass is 9.65. The third-order valence-electron chi connectivity index (χ3n) is 17.7. The van der Waals surface area contributed by atoms with Crippen LogP contribution in [0.2, 0.25) is 0 Å². The van der Waals surface area contributed by atoms with Gasteiger partial charge in [-0.25, -0.2) is 0 Å². The van der Waals surface area contributed by atoms with Gasteiger partial charge in [-0.05, 0) is 139 Å². The van der Waals surface area contributed by atoms with Crippen molar-refractivity contribution >= 4 is 28.1 Å². The van der Waals surface area contributed by atoms with Crippen LogP contribution in [0.1, 0.15) is 125 Å². The van der Waals surface area contributed by atoms with Gasteiger partial charge in [-0.3, -0.25) is 4.99 Å². The first-order chi connectivity index (χ1) is 34.1. The maximum absolute atomic E-state index is 11.9. The molecule has 70 heavy (non-hydrogen) atoms. The molecule has 11 nitrogen and oxygen atoms in total. The molecule has 8 N–H and O–H groups in total. The molecule has 3 heterocycles. The molecule has 11 rings (SSSR count). The maximum atomic E-state index is 11.9. The van der Waals surface area contributed by atoms with Crippen LogP contribution in [0.25, 0.3) is 22.4 Å². The Bertz CT molecular complexity index is 2690. The molecule has 0 amide bonds. The van der Waals surface area contributed by atoms with Crippen LogP contribution in [0.4, 0.5) is 0 Å². The van der Waals surface area contributed by atoms with Gasteiger partial charge in [-0.2, -0.15) is 11.6 Å². The van der Waals surface area contributed by atoms with Crippen molar-refractivity contribution in [2.45, 2.75) is 140 Å². The molecule has 0 spiro atoms. The molecule has 0 radical (unpaired) electrons. The Morgan fingerprint density at radius 1 is 1.01 bits per heavy atom. The number of rotatable bonds is 18. The fourth-order valence-electron chi connectivity index (χ4n) is 14.2. The van der Waals surface area contributed by atoms with Gasteiger partial charge in [-0.15, -0.1) is 4.99 Å². The summed E-state index contributed by atoms with van der Waals surface area (Å²) in [6.45, 7) is 3.84. The number of aromatic hydroxyl groups is 1. The lowest BCUT2D eigenvalue weighted by Crippen LogP contribution is -2.42. The fraction of sp³-hybridized carbons (Fsp3) is 0.559. The van der Waals surface area contributed by atoms with Crippen molar-refractivity contribution in [1.82, 2.24) is 5.32 Å². The Balaban J connectivity index is 0.631. The molecule has 11 atom stereocenters. The predicted molar refractivity (Wildman–Crippen MR) is 274 cm³/mol. The van der Waals surface area contributed by atoms with E-state index < -0.39 is 18.3 Å². The quantitative estimate of drug-likeness (QED) is 0.0513. The van der Waals surface area contributed by atoms with Gasteiger partial charge < -0.3 is 46.1 Å². The number of nitrogens with two attached hydrogens (primary N) is 1. The largest absolute Gasteiger partial charge is 0.504 e. The van der Waals surface area contributed by atoms with Gasteiger partial charge in [0.15, 0.2) is 29.4 Å². The second kappa shape index (κ2) is 20.6. The number of allylic oxidation sites excluding steroid dienone is 1. The zero-order valence-corrected chi connectivity index (χ0v) is 41.0. The minimum Gasteiger partial charge on any atom is -0.504 e. The van der Waals surface area contributed by atoms with Crippen LogP contribution < -0.4 is 26.4 Å². The van der Waals surface area contributed by atoms with E-state index in [1.54, 1.807) is 13.0 Å². The average Bonchev–Trinajstić information content (AvgIpc) is 4.19. The number of phenolic OH excluding ortho intramolecular Hbond substituents is 1. The van der Waals surface area contributed by atoms with Crippen molar-refractivity contribution in [1.29, 1.82) is 0 Å². The topological polar surface area (TPSA) is 182 Å². The standard InChI is InChI=1S/C59H74N4O7/c1-33(65)29-61-30-48-41-7-4-6-36(41)14-19-50-46(48)28-52(63-50)54(67)32-69-56-24-35(11-20-53(56)66)9-15-40-25-39(31-64)55(70-40)8-3-2-5-34-10-16-42(49(60)23-34)47-26-37-12-17-44-43-21-22-62-51(43)27-38-13-18-45(59(47)68)58(37)57(38)44/h11,13,18,20-21,24-28,33-34,36,41-42,47-49,54-55,59,61,64-68H,2-10,12,14-17,19,22-23,29-32,60H2,1H3/t33-,34+,36+,41-,42-,47-,48-,49+,54-,55?,59+/m0/s1. The van der Waals surface area contributed by atoms with Crippen LogP contribution in [0.3, 0.4) is 0 Å². The van der Waals surface area contributed by atoms with Gasteiger partial charge in [0, 0.05) is 49.4 Å². The minimum atomic E-state index is -0.942. The van der Waals surface area contributed by atoms with Crippen LogP contribution in [0, 0.1) is 47.7 Å². The van der Waals surface area contributed by atoms with Crippen LogP contribution in [0.5, 0.6) is 11.5 Å². The molecular formula is C59H74N4O7. The van der Waals surface area contributed by atoms with E-state index in [1.165, 1.54) is 57.5 Å². The number of hydrogen-bond donors (Lipinski definition) is 7. The summed E-state index contributed by atoms with van der Waals surface area (Å²) in [6.07, 6.45) is 23.9. The Hall–Kier alpha value is -4.46. The smallest absolute Gasteiger partial charge is 0.189 e. The Morgan fingerprint density at radius 3 is 2.76 bits per heavy atom. The second-order valence-electron chi connectivity index (χ2n) is 22.1. The van der Waals surface area contributed by atoms with Crippen molar-refractivity contribution in [3.8, 4) is 11.5 Å². The van der Waals surface area contributed by atoms with Gasteiger partial charge in [0.05, 0.1) is 36.1 Å². The first-order valence-corrected chi connectivity index (χ1v) is 26.9. The Morgan fingerprint density at radius 2 is 1.90 bits per heavy atom. The first-order valence-electron chi connectivity index (χ1n) is 26.9. The molecule has 0 saturated heterocycles. The van der Waals surface area contributed by atoms with E-state index in [9.17, 15) is 25.5 Å². The normalized spacial score (nSPS) is 29.5. The summed E-state index contributed by atoms with van der Waals surface area (Å²) in [6, 6.07) is 12.6. The third kappa shape index (κ3) is 9.52. The molecule has 8 aliphatic rings. The number of nitrogens with zero attached hydrogens (tertiary/aromatic N) is 2. The second-order valence-corrected chi connectivity index (χ2v) is 22.1. The number of phenols is 1. The van der Waals surface area contributed by atoms with Crippen LogP contribution in [-0.2, 0) is 17.6 Å². The summed E-state index contributed by atoms with van der Waals surface area (Å²) in [7, 11) is 0. The molecule has 1 unspecified atom stereocenters. The highest BCUT2D eigenvalue weighted by atomic mass is 16.5. The van der Waals surface area contributed by atoms with E-state index in [0.717, 1.165) is 118 Å². The number of aliphatic hydroxyl groups excluding tert-OH is 4. The van der Waals surface area contributed by atoms with Crippen molar-refractivity contribution in [2.75, 3.05) is 32.8 Å². The van der Waals surface area contributed by atoms with Crippen LogP contribution >= 0.6 is 0 Å². The number of nitrogens with one attached hydrogen (secondary N) is 1. The van der Waals surface area contributed by atoms with E-state index in [-0.39, 0.29) is 42.9 Å². The Kier molecular flexibility index (Phi) is 14.1. The van der Waals surface area contributed by atoms with Gasteiger partial charge in [0.2, 0.25) is 0 Å². The molecule has 0 aromatic heterocycles. The average molecular weight is 951 g/mol. The summed E-state index contributed by atoms with van der Waals surface area (Å²) in [5.41, 5.74) is 16.4. The maximum Gasteiger partial charge on any atom is 0.189 e. The molecule has 3 aromatic carbocycles. The van der Waals surface area contributed by atoms with Gasteiger partial charge in [0.25, 0.3) is 0 Å². The van der Waals surface area contributed by atoms with Crippen LogP contribution in [0.15, 0.2) is 75.8 Å². The van der Waals surface area contributed by atoms with Crippen LogP contribution in [-0.4, -0.2) is 88.4 Å². The lowest BCUT2D eigenvalue weighted by Gasteiger charge is -2.42. The van der Waals surface area contributed by atoms with E-state index in [2.05, 4.69) is 41.7 Å². The summed E-state index contributed by atoms with van der Waals surface area (Å²) < 4.78 is 12.5. The van der Waals surface area contributed by atoms with Crippen molar-refractivity contribution in [3.05, 3.63) is 111 Å². The van der Waals surface area contributed by atoms with Crippen molar-refractivity contribution in [2.24, 2.45) is 51.2 Å². The third-order valence-corrected chi connectivity index (χ3v) is 17.7. The minimum absolute atomic E-state index is 0.0208. The number of ether oxygens (including phenoxy) is 2. The number of hydrogen-bond acceptors (Lipinski definition) is 11. The SMILES string of the molecule is C[C@H](O)CNC[C@@H]1C2=C[C+]([C@@H](O)COc3cc(CC[C-]4C=C(CO)C(CCCC[C@@H]5CC[C@@H]([C@@H]6C=C7CCc8c9c(cc%10ccc(c7c8%10)[C@H]6O)=NCC=9)[C@H](N)C5)O4)ccc3O)N=C2CC[C@H]2CCC[C@@H]21. The predicted octanol–water partition coefficient (Wildman–Crippen LogP) is 7.19. The fourth-order valence-corrected chi connectivity index (χ4v) is 14.2. The molecule has 3 aliphatic heterocycles. The highest BCUT2D eigenvalue weighted by Gasteiger charge is 2.48. The highest BCUT2D eigenvalue weighted by Crippen LogP contribution is 2.51. The highest BCUT2D eigenvalue weighted by molar-refractivity contribution is 6.04. The number of fused-ring (bicyclic) bond motifs is 4. The van der Waals surface area contributed by atoms with Gasteiger partial charge in [-0.1, -0.05) is 81.4 Å². The number of aliphatic hydroxyl groups is 4. The first kappa shape index (κ1) is 47.8. The zero-order chi connectivity index (χ0) is 48.0. The molecule has 0 bridgehead atoms. The van der Waals surface area contributed by atoms with E-state index in [4.69, 9.17) is 25.2 Å². The lowest BCUT2D eigenvalue weighted by molar-refractivity contribution is 0.0643. The summed E-state index contributed by atoms with van der Waals surface area (Å²) >= 11 is 0. The number of benzene rings is 3. The molecule has 3 fully saturated rings. The van der Waals surface area contributed by atoms with E-state index in [1.807, 2.05) is 18.2 Å². The van der Waals surface area contributed by atoms with Gasteiger partial charge >= 0.3 is 0 Å². The van der Waals surface area contributed by atoms with E-state index in [0.29, 0.717) is 54.8 Å². The van der Waals surface area contributed by atoms with E-state index >= 15 is 0 Å². The number of aliphatic imine (C=N–C) groups is 1. The summed E-state index contributed by atoms with van der Waals surface area (Å²) in [5, 5.41) is 62.6. The van der Waals surface area contributed by atoms with Gasteiger partial charge in [0.1, 0.15) is 12.2 Å². The summed E-state index contributed by atoms with van der Waals surface area (Å²) in [5.74, 6) is 2.80. The molecule has 11 heteroatoms. The Labute approximate surface area is 413 Å². The molecular weight excluding hydrogens is 877 g/mol. The van der Waals surface area contributed by atoms with Crippen molar-refractivity contribution < 1.29 is 35.0 Å². The molecule has 372 valence electrons. The molecule has 3 aromatic rings. The molecule has 3 saturated carbocycles. The van der Waals surface area contributed by atoms with Crippen molar-refractivity contribution in [3.63, 3.8) is 0 Å².